The molecule has 1 saturated heterocycles. The van der Waals surface area contributed by atoms with Crippen LogP contribution in [0.4, 0.5) is 10.7 Å². The standard InChI is InChI=1S/C15H16ClN3O2S/c16-13-3-1-2-4-14(13)18-9-7-17(8-10-18)11-12-5-6-15(22-12)19(20)21/h1-6H,7-11H2. The Morgan fingerprint density at radius 1 is 1.14 bits per heavy atom. The first-order chi connectivity index (χ1) is 10.6. The van der Waals surface area contributed by atoms with Crippen molar-refractivity contribution in [2.45, 2.75) is 6.54 Å². The fraction of sp³-hybridized carbons (Fsp3) is 0.333. The van der Waals surface area contributed by atoms with Crippen LogP contribution < -0.4 is 4.90 Å². The first-order valence-electron chi connectivity index (χ1n) is 7.08. The highest BCUT2D eigenvalue weighted by Crippen LogP contribution is 2.28. The van der Waals surface area contributed by atoms with Gasteiger partial charge in [0.1, 0.15) is 0 Å². The summed E-state index contributed by atoms with van der Waals surface area (Å²) in [5, 5.41) is 11.7. The molecule has 2 heterocycles. The number of anilines is 1. The maximum absolute atomic E-state index is 10.7. The zero-order valence-electron chi connectivity index (χ0n) is 11.9. The summed E-state index contributed by atoms with van der Waals surface area (Å²) >= 11 is 7.50. The van der Waals surface area contributed by atoms with Crippen LogP contribution in [0.25, 0.3) is 0 Å². The summed E-state index contributed by atoms with van der Waals surface area (Å²) in [7, 11) is 0. The summed E-state index contributed by atoms with van der Waals surface area (Å²) in [5.74, 6) is 0. The fourth-order valence-corrected chi connectivity index (χ4v) is 3.74. The van der Waals surface area contributed by atoms with Crippen LogP contribution >= 0.6 is 22.9 Å². The Hall–Kier alpha value is -1.63. The molecule has 0 bridgehead atoms. The average molecular weight is 338 g/mol. The van der Waals surface area contributed by atoms with Gasteiger partial charge in [-0.25, -0.2) is 0 Å². The second kappa shape index (κ2) is 6.64. The van der Waals surface area contributed by atoms with E-state index in [1.807, 2.05) is 30.3 Å². The molecular formula is C15H16ClN3O2S. The molecule has 1 fully saturated rings. The van der Waals surface area contributed by atoms with E-state index in [9.17, 15) is 10.1 Å². The molecule has 0 amide bonds. The number of hydrogen-bond donors (Lipinski definition) is 0. The second-order valence-electron chi connectivity index (χ2n) is 5.21. The molecule has 5 nitrogen and oxygen atoms in total. The van der Waals surface area contributed by atoms with Gasteiger partial charge in [-0.05, 0) is 18.2 Å². The Bertz CT molecular complexity index is 668. The Labute approximate surface area is 137 Å². The van der Waals surface area contributed by atoms with Gasteiger partial charge in [-0.15, -0.1) is 0 Å². The predicted octanol–water partition coefficient (Wildman–Crippen LogP) is 3.63. The lowest BCUT2D eigenvalue weighted by atomic mass is 10.2. The Morgan fingerprint density at radius 3 is 2.50 bits per heavy atom. The molecule has 1 aromatic heterocycles. The SMILES string of the molecule is O=[N+]([O-])c1ccc(CN2CCN(c3ccccc3Cl)CC2)s1. The summed E-state index contributed by atoms with van der Waals surface area (Å²) < 4.78 is 0. The van der Waals surface area contributed by atoms with Crippen LogP contribution in [-0.2, 0) is 6.54 Å². The van der Waals surface area contributed by atoms with E-state index < -0.39 is 0 Å². The highest BCUT2D eigenvalue weighted by Gasteiger charge is 2.20. The van der Waals surface area contributed by atoms with Crippen LogP contribution in [0.3, 0.4) is 0 Å². The predicted molar refractivity (Wildman–Crippen MR) is 89.9 cm³/mol. The number of thiophene rings is 1. The smallest absolute Gasteiger partial charge is 0.324 e. The van der Waals surface area contributed by atoms with E-state index in [0.717, 1.165) is 48.3 Å². The largest absolute Gasteiger partial charge is 0.368 e. The van der Waals surface area contributed by atoms with Crippen LogP contribution in [0, 0.1) is 10.1 Å². The minimum absolute atomic E-state index is 0.213. The van der Waals surface area contributed by atoms with Gasteiger partial charge in [0.15, 0.2) is 0 Å². The lowest BCUT2D eigenvalue weighted by Gasteiger charge is -2.36. The van der Waals surface area contributed by atoms with E-state index in [0.29, 0.717) is 0 Å². The van der Waals surface area contributed by atoms with Crippen molar-refractivity contribution >= 4 is 33.6 Å². The van der Waals surface area contributed by atoms with E-state index in [4.69, 9.17) is 11.6 Å². The van der Waals surface area contributed by atoms with Crippen molar-refractivity contribution < 1.29 is 4.92 Å². The van der Waals surface area contributed by atoms with Crippen LogP contribution in [0.15, 0.2) is 36.4 Å². The molecule has 0 unspecified atom stereocenters. The van der Waals surface area contributed by atoms with E-state index in [2.05, 4.69) is 9.80 Å². The minimum atomic E-state index is -0.330. The average Bonchev–Trinajstić information content (AvgIpc) is 2.98. The lowest BCUT2D eigenvalue weighted by Crippen LogP contribution is -2.45. The number of rotatable bonds is 4. The van der Waals surface area contributed by atoms with Gasteiger partial charge in [-0.3, -0.25) is 15.0 Å². The number of benzene rings is 1. The molecular weight excluding hydrogens is 322 g/mol. The molecule has 22 heavy (non-hydrogen) atoms. The molecule has 2 aromatic rings. The molecule has 0 radical (unpaired) electrons. The Morgan fingerprint density at radius 2 is 1.86 bits per heavy atom. The van der Waals surface area contributed by atoms with Crippen molar-refractivity contribution in [1.29, 1.82) is 0 Å². The molecule has 0 aliphatic carbocycles. The van der Waals surface area contributed by atoms with Gasteiger partial charge in [0.2, 0.25) is 0 Å². The number of para-hydroxylation sites is 1. The molecule has 0 saturated carbocycles. The third kappa shape index (κ3) is 3.40. The van der Waals surface area contributed by atoms with Crippen molar-refractivity contribution in [2.75, 3.05) is 31.1 Å². The molecule has 116 valence electrons. The topological polar surface area (TPSA) is 49.6 Å². The minimum Gasteiger partial charge on any atom is -0.368 e. The van der Waals surface area contributed by atoms with Gasteiger partial charge < -0.3 is 4.90 Å². The summed E-state index contributed by atoms with van der Waals surface area (Å²) in [5.41, 5.74) is 1.08. The van der Waals surface area contributed by atoms with Crippen molar-refractivity contribution in [3.8, 4) is 0 Å². The van der Waals surface area contributed by atoms with Crippen molar-refractivity contribution in [1.82, 2.24) is 4.90 Å². The molecule has 0 N–H and O–H groups in total. The maximum Gasteiger partial charge on any atom is 0.324 e. The number of halogens is 1. The van der Waals surface area contributed by atoms with Gasteiger partial charge >= 0.3 is 5.00 Å². The molecule has 1 aromatic carbocycles. The van der Waals surface area contributed by atoms with Gasteiger partial charge in [-0.2, -0.15) is 0 Å². The van der Waals surface area contributed by atoms with Crippen LogP contribution in [0.1, 0.15) is 4.88 Å². The number of piperazine rings is 1. The lowest BCUT2D eigenvalue weighted by molar-refractivity contribution is -0.380. The van der Waals surface area contributed by atoms with Gasteiger partial charge in [0, 0.05) is 43.7 Å². The number of hydrogen-bond acceptors (Lipinski definition) is 5. The van der Waals surface area contributed by atoms with Crippen molar-refractivity contribution in [2.24, 2.45) is 0 Å². The van der Waals surface area contributed by atoms with Crippen molar-refractivity contribution in [3.63, 3.8) is 0 Å². The Kier molecular flexibility index (Phi) is 4.61. The summed E-state index contributed by atoms with van der Waals surface area (Å²) in [4.78, 5) is 16.0. The summed E-state index contributed by atoms with van der Waals surface area (Å²) in [6, 6.07) is 11.3. The van der Waals surface area contributed by atoms with E-state index in [1.165, 1.54) is 11.3 Å². The highest BCUT2D eigenvalue weighted by atomic mass is 35.5. The molecule has 7 heteroatoms. The maximum atomic E-state index is 10.7. The Balaban J connectivity index is 1.57. The van der Waals surface area contributed by atoms with Crippen LogP contribution in [0.5, 0.6) is 0 Å². The number of nitro groups is 1. The molecule has 0 atom stereocenters. The fourth-order valence-electron chi connectivity index (χ4n) is 2.63. The second-order valence-corrected chi connectivity index (χ2v) is 6.77. The first kappa shape index (κ1) is 15.3. The monoisotopic (exact) mass is 337 g/mol. The third-order valence-electron chi connectivity index (χ3n) is 3.77. The van der Waals surface area contributed by atoms with E-state index >= 15 is 0 Å². The molecule has 1 aliphatic heterocycles. The van der Waals surface area contributed by atoms with Crippen molar-refractivity contribution in [3.05, 3.63) is 56.4 Å². The van der Waals surface area contributed by atoms with Gasteiger partial charge in [-0.1, -0.05) is 35.1 Å². The molecule has 0 spiro atoms. The van der Waals surface area contributed by atoms with E-state index in [-0.39, 0.29) is 9.92 Å². The third-order valence-corrected chi connectivity index (χ3v) is 5.11. The number of nitrogens with zero attached hydrogens (tertiary/aromatic N) is 3. The summed E-state index contributed by atoms with van der Waals surface area (Å²) in [6.07, 6.45) is 0. The summed E-state index contributed by atoms with van der Waals surface area (Å²) in [6.45, 7) is 4.46. The highest BCUT2D eigenvalue weighted by molar-refractivity contribution is 7.15. The van der Waals surface area contributed by atoms with Gasteiger partial charge in [0.25, 0.3) is 0 Å². The molecule has 3 rings (SSSR count). The van der Waals surface area contributed by atoms with Gasteiger partial charge in [0.05, 0.1) is 15.6 Å². The quantitative estimate of drug-likeness (QED) is 0.631. The van der Waals surface area contributed by atoms with Crippen LogP contribution in [0.2, 0.25) is 5.02 Å². The zero-order chi connectivity index (χ0) is 15.5. The van der Waals surface area contributed by atoms with Crippen LogP contribution in [-0.4, -0.2) is 36.0 Å². The van der Waals surface area contributed by atoms with E-state index in [1.54, 1.807) is 6.07 Å². The first-order valence-corrected chi connectivity index (χ1v) is 8.28. The molecule has 1 aliphatic rings. The normalized spacial score (nSPS) is 16.0. The zero-order valence-corrected chi connectivity index (χ0v) is 13.5.